The van der Waals surface area contributed by atoms with Crippen molar-refractivity contribution in [2.24, 2.45) is 0 Å². The van der Waals surface area contributed by atoms with Gasteiger partial charge in [-0.3, -0.25) is 14.9 Å². The van der Waals surface area contributed by atoms with Gasteiger partial charge in [-0.2, -0.15) is 0 Å². The summed E-state index contributed by atoms with van der Waals surface area (Å²) in [6, 6.07) is 6.47. The van der Waals surface area contributed by atoms with Gasteiger partial charge in [-0.25, -0.2) is 0 Å². The number of nitrogens with zero attached hydrogens (tertiary/aromatic N) is 2. The number of nitro groups is 1. The highest BCUT2D eigenvalue weighted by Crippen LogP contribution is 2.22. The molecule has 0 saturated carbocycles. The zero-order valence-electron chi connectivity index (χ0n) is 11.7. The highest BCUT2D eigenvalue weighted by molar-refractivity contribution is 5.85. The molecule has 0 unspecified atom stereocenters. The number of para-hydroxylation sites is 2. The Bertz CT molecular complexity index is 512. The molecule has 0 aromatic heterocycles. The van der Waals surface area contributed by atoms with Crippen LogP contribution in [0.3, 0.4) is 0 Å². The predicted octanol–water partition coefficient (Wildman–Crippen LogP) is 1.25. The van der Waals surface area contributed by atoms with Gasteiger partial charge in [0.05, 0.1) is 11.5 Å². The molecule has 116 valence electrons. The van der Waals surface area contributed by atoms with Crippen molar-refractivity contribution >= 4 is 29.7 Å². The first kappa shape index (κ1) is 17.2. The molecule has 2 N–H and O–H groups in total. The molecule has 1 aliphatic heterocycles. The van der Waals surface area contributed by atoms with E-state index in [1.807, 2.05) is 6.92 Å². The number of amides is 1. The van der Waals surface area contributed by atoms with Crippen molar-refractivity contribution in [3.63, 3.8) is 0 Å². The Kier molecular flexibility index (Phi) is 6.39. The number of nitrogens with one attached hydrogen (secondary N) is 2. The average Bonchev–Trinajstić information content (AvgIpc) is 2.45. The van der Waals surface area contributed by atoms with Crippen LogP contribution in [-0.4, -0.2) is 48.0 Å². The molecule has 8 heteroatoms. The number of hydrogen-bond donors (Lipinski definition) is 2. The Morgan fingerprint density at radius 2 is 2.24 bits per heavy atom. The minimum absolute atomic E-state index is 0. The van der Waals surface area contributed by atoms with Crippen molar-refractivity contribution in [1.29, 1.82) is 0 Å². The number of benzene rings is 1. The Balaban J connectivity index is 0.00000220. The molecule has 0 aliphatic carbocycles. The van der Waals surface area contributed by atoms with Gasteiger partial charge in [0.2, 0.25) is 5.91 Å². The monoisotopic (exact) mass is 314 g/mol. The van der Waals surface area contributed by atoms with E-state index >= 15 is 0 Å². The van der Waals surface area contributed by atoms with Crippen LogP contribution in [0.2, 0.25) is 0 Å². The zero-order valence-corrected chi connectivity index (χ0v) is 12.6. The summed E-state index contributed by atoms with van der Waals surface area (Å²) in [4.78, 5) is 24.3. The third kappa shape index (κ3) is 4.30. The smallest absolute Gasteiger partial charge is 0.292 e. The highest BCUT2D eigenvalue weighted by atomic mass is 35.5. The third-order valence-electron chi connectivity index (χ3n) is 3.35. The van der Waals surface area contributed by atoms with E-state index in [0.717, 1.165) is 13.1 Å². The largest absolute Gasteiger partial charge is 0.371 e. The number of carbonyl (C=O) groups is 1. The van der Waals surface area contributed by atoms with Crippen molar-refractivity contribution in [3.8, 4) is 0 Å². The summed E-state index contributed by atoms with van der Waals surface area (Å²) in [5, 5.41) is 17.0. The van der Waals surface area contributed by atoms with Gasteiger partial charge in [-0.15, -0.1) is 12.4 Å². The van der Waals surface area contributed by atoms with Gasteiger partial charge >= 0.3 is 0 Å². The van der Waals surface area contributed by atoms with Crippen molar-refractivity contribution in [2.75, 3.05) is 31.5 Å². The van der Waals surface area contributed by atoms with Crippen LogP contribution in [0.5, 0.6) is 0 Å². The van der Waals surface area contributed by atoms with E-state index in [1.54, 1.807) is 23.1 Å². The maximum atomic E-state index is 12.1. The van der Waals surface area contributed by atoms with Crippen LogP contribution in [0.25, 0.3) is 0 Å². The lowest BCUT2D eigenvalue weighted by Crippen LogP contribution is -2.53. The topological polar surface area (TPSA) is 87.5 Å². The van der Waals surface area contributed by atoms with Crippen molar-refractivity contribution in [2.45, 2.75) is 13.0 Å². The highest BCUT2D eigenvalue weighted by Gasteiger charge is 2.23. The quantitative estimate of drug-likeness (QED) is 0.645. The molecule has 21 heavy (non-hydrogen) atoms. The number of piperazine rings is 1. The zero-order chi connectivity index (χ0) is 14.5. The second kappa shape index (κ2) is 7.80. The number of rotatable bonds is 4. The van der Waals surface area contributed by atoms with E-state index in [4.69, 9.17) is 0 Å². The standard InChI is InChI=1S/C13H18N4O3.ClH/c1-10-8-14-6-7-16(10)13(18)9-15-11-4-2-3-5-12(11)17(19)20;/h2-5,10,14-15H,6-9H2,1H3;1H/t10-;/m0./s1. The summed E-state index contributed by atoms with van der Waals surface area (Å²) < 4.78 is 0. The van der Waals surface area contributed by atoms with Gasteiger partial charge in [0.25, 0.3) is 5.69 Å². The normalized spacial score (nSPS) is 17.8. The van der Waals surface area contributed by atoms with Crippen LogP contribution < -0.4 is 10.6 Å². The van der Waals surface area contributed by atoms with Crippen LogP contribution in [0.15, 0.2) is 24.3 Å². The molecule has 0 radical (unpaired) electrons. The number of halogens is 1. The fourth-order valence-electron chi connectivity index (χ4n) is 2.27. The Hall–Kier alpha value is -1.86. The summed E-state index contributed by atoms with van der Waals surface area (Å²) in [7, 11) is 0. The predicted molar refractivity (Wildman–Crippen MR) is 82.9 cm³/mol. The minimum atomic E-state index is -0.458. The fraction of sp³-hybridized carbons (Fsp3) is 0.462. The molecule has 1 heterocycles. The van der Waals surface area contributed by atoms with Crippen molar-refractivity contribution < 1.29 is 9.72 Å². The molecule has 1 aromatic rings. The van der Waals surface area contributed by atoms with Crippen LogP contribution in [-0.2, 0) is 4.79 Å². The van der Waals surface area contributed by atoms with E-state index in [9.17, 15) is 14.9 Å². The third-order valence-corrected chi connectivity index (χ3v) is 3.35. The second-order valence-electron chi connectivity index (χ2n) is 4.77. The lowest BCUT2D eigenvalue weighted by molar-refractivity contribution is -0.383. The molecule has 0 bridgehead atoms. The molecule has 1 aliphatic rings. The minimum Gasteiger partial charge on any atom is -0.371 e. The van der Waals surface area contributed by atoms with Crippen molar-refractivity contribution in [3.05, 3.63) is 34.4 Å². The molecular formula is C13H19ClN4O3. The molecule has 7 nitrogen and oxygen atoms in total. The van der Waals surface area contributed by atoms with E-state index in [1.165, 1.54) is 6.07 Å². The summed E-state index contributed by atoms with van der Waals surface area (Å²) in [6.45, 7) is 4.27. The molecular weight excluding hydrogens is 296 g/mol. The Labute approximate surface area is 129 Å². The Morgan fingerprint density at radius 1 is 1.52 bits per heavy atom. The first-order chi connectivity index (χ1) is 9.59. The van der Waals surface area contributed by atoms with Gasteiger partial charge in [-0.05, 0) is 13.0 Å². The summed E-state index contributed by atoms with van der Waals surface area (Å²) in [5.41, 5.74) is 0.349. The number of nitro benzene ring substituents is 1. The van der Waals surface area contributed by atoms with Gasteiger partial charge < -0.3 is 15.5 Å². The first-order valence-corrected chi connectivity index (χ1v) is 6.57. The van der Waals surface area contributed by atoms with Gasteiger partial charge in [0.15, 0.2) is 0 Å². The molecule has 1 fully saturated rings. The molecule has 1 aromatic carbocycles. The van der Waals surface area contributed by atoms with E-state index in [-0.39, 0.29) is 36.6 Å². The maximum absolute atomic E-state index is 12.1. The van der Waals surface area contributed by atoms with E-state index < -0.39 is 4.92 Å². The SMILES string of the molecule is C[C@H]1CNCCN1C(=O)CNc1ccccc1[N+](=O)[O-].Cl. The molecule has 1 amide bonds. The Morgan fingerprint density at radius 3 is 2.90 bits per heavy atom. The van der Waals surface area contributed by atoms with Crippen LogP contribution in [0.1, 0.15) is 6.92 Å². The van der Waals surface area contributed by atoms with Crippen LogP contribution >= 0.6 is 12.4 Å². The number of anilines is 1. The van der Waals surface area contributed by atoms with Crippen molar-refractivity contribution in [1.82, 2.24) is 10.2 Å². The molecule has 1 saturated heterocycles. The van der Waals surface area contributed by atoms with Gasteiger partial charge in [-0.1, -0.05) is 12.1 Å². The molecule has 1 atom stereocenters. The first-order valence-electron chi connectivity index (χ1n) is 6.57. The fourth-order valence-corrected chi connectivity index (χ4v) is 2.27. The maximum Gasteiger partial charge on any atom is 0.292 e. The van der Waals surface area contributed by atoms with Gasteiger partial charge in [0.1, 0.15) is 5.69 Å². The van der Waals surface area contributed by atoms with Gasteiger partial charge in [0, 0.05) is 31.7 Å². The van der Waals surface area contributed by atoms with Crippen LogP contribution in [0, 0.1) is 10.1 Å². The summed E-state index contributed by atoms with van der Waals surface area (Å²) in [5.74, 6) is -0.0443. The molecule has 2 rings (SSSR count). The van der Waals surface area contributed by atoms with E-state index in [0.29, 0.717) is 12.2 Å². The lowest BCUT2D eigenvalue weighted by atomic mass is 10.2. The number of hydrogen-bond acceptors (Lipinski definition) is 5. The summed E-state index contributed by atoms with van der Waals surface area (Å²) >= 11 is 0. The average molecular weight is 315 g/mol. The summed E-state index contributed by atoms with van der Waals surface area (Å²) in [6.07, 6.45) is 0. The van der Waals surface area contributed by atoms with E-state index in [2.05, 4.69) is 10.6 Å². The second-order valence-corrected chi connectivity index (χ2v) is 4.77. The number of carbonyl (C=O) groups excluding carboxylic acids is 1. The van der Waals surface area contributed by atoms with Crippen LogP contribution in [0.4, 0.5) is 11.4 Å². The lowest BCUT2D eigenvalue weighted by Gasteiger charge is -2.34. The molecule has 0 spiro atoms.